The lowest BCUT2D eigenvalue weighted by Crippen LogP contribution is -2.49. The molecule has 6 nitrogen and oxygen atoms in total. The minimum atomic E-state index is 0.0526. The number of rotatable bonds is 2. The zero-order chi connectivity index (χ0) is 20.1. The van der Waals surface area contributed by atoms with E-state index in [1.54, 1.807) is 11.3 Å². The molecule has 1 fully saturated rings. The van der Waals surface area contributed by atoms with Gasteiger partial charge in [0.05, 0.1) is 15.9 Å². The van der Waals surface area contributed by atoms with Gasteiger partial charge in [0.2, 0.25) is 0 Å². The zero-order valence-corrected chi connectivity index (χ0v) is 17.7. The zero-order valence-electron chi connectivity index (χ0n) is 16.8. The third-order valence-electron chi connectivity index (χ3n) is 5.68. The molecule has 0 unspecified atom stereocenters. The van der Waals surface area contributed by atoms with Gasteiger partial charge in [-0.1, -0.05) is 29.5 Å². The standard InChI is InChI=1S/C22H23N5OS/c1-14-7-8-15(2)20-18(14)24-22(29-20)26-12-10-25(11-13-26)21(28)19-16(3)23-17-6-4-5-9-27(17)19/h4-9H,10-13H2,1-3H3. The van der Waals surface area contributed by atoms with Crippen molar-refractivity contribution >= 4 is 38.2 Å². The first-order chi connectivity index (χ1) is 14.0. The van der Waals surface area contributed by atoms with Crippen LogP contribution in [-0.4, -0.2) is 51.4 Å². The Morgan fingerprint density at radius 3 is 2.48 bits per heavy atom. The summed E-state index contributed by atoms with van der Waals surface area (Å²) in [5.41, 5.74) is 5.84. The van der Waals surface area contributed by atoms with Crippen LogP contribution >= 0.6 is 11.3 Å². The Hall–Kier alpha value is -2.93. The highest BCUT2D eigenvalue weighted by Crippen LogP contribution is 2.33. The number of amides is 1. The number of benzene rings is 1. The van der Waals surface area contributed by atoms with Gasteiger partial charge in [0.25, 0.3) is 5.91 Å². The van der Waals surface area contributed by atoms with Gasteiger partial charge in [0, 0.05) is 32.4 Å². The van der Waals surface area contributed by atoms with Crippen molar-refractivity contribution in [3.05, 3.63) is 59.0 Å². The number of nitrogens with zero attached hydrogens (tertiary/aromatic N) is 5. The van der Waals surface area contributed by atoms with Crippen LogP contribution in [0.2, 0.25) is 0 Å². The van der Waals surface area contributed by atoms with Gasteiger partial charge < -0.3 is 9.80 Å². The third kappa shape index (κ3) is 2.97. The monoisotopic (exact) mass is 405 g/mol. The summed E-state index contributed by atoms with van der Waals surface area (Å²) in [6.45, 7) is 9.11. The van der Waals surface area contributed by atoms with E-state index in [0.29, 0.717) is 18.8 Å². The fourth-order valence-electron chi connectivity index (χ4n) is 4.01. The summed E-state index contributed by atoms with van der Waals surface area (Å²) in [6, 6.07) is 10.1. The molecule has 0 saturated carbocycles. The van der Waals surface area contributed by atoms with E-state index in [-0.39, 0.29) is 5.91 Å². The smallest absolute Gasteiger partial charge is 0.272 e. The van der Waals surface area contributed by atoms with E-state index < -0.39 is 0 Å². The summed E-state index contributed by atoms with van der Waals surface area (Å²) in [4.78, 5) is 26.9. The van der Waals surface area contributed by atoms with Crippen molar-refractivity contribution < 1.29 is 4.79 Å². The van der Waals surface area contributed by atoms with Crippen LogP contribution in [0.5, 0.6) is 0 Å². The van der Waals surface area contributed by atoms with E-state index in [9.17, 15) is 4.79 Å². The second kappa shape index (κ2) is 6.84. The van der Waals surface area contributed by atoms with Crippen molar-refractivity contribution in [1.29, 1.82) is 0 Å². The third-order valence-corrected chi connectivity index (χ3v) is 6.93. The second-order valence-electron chi connectivity index (χ2n) is 7.63. The molecular formula is C22H23N5OS. The normalized spacial score (nSPS) is 14.9. The highest BCUT2D eigenvalue weighted by molar-refractivity contribution is 7.22. The Morgan fingerprint density at radius 1 is 0.966 bits per heavy atom. The Labute approximate surface area is 173 Å². The van der Waals surface area contributed by atoms with Gasteiger partial charge in [-0.05, 0) is 44.0 Å². The molecule has 4 heterocycles. The molecule has 1 saturated heterocycles. The number of aryl methyl sites for hydroxylation is 3. The van der Waals surface area contributed by atoms with Crippen molar-refractivity contribution in [3.63, 3.8) is 0 Å². The van der Waals surface area contributed by atoms with Crippen LogP contribution in [-0.2, 0) is 0 Å². The van der Waals surface area contributed by atoms with Crippen molar-refractivity contribution in [2.24, 2.45) is 0 Å². The fourth-order valence-corrected chi connectivity index (χ4v) is 5.17. The molecule has 1 aromatic carbocycles. The first kappa shape index (κ1) is 18.1. The van der Waals surface area contributed by atoms with Crippen LogP contribution in [0, 0.1) is 20.8 Å². The average molecular weight is 406 g/mol. The van der Waals surface area contributed by atoms with Crippen molar-refractivity contribution in [1.82, 2.24) is 19.3 Å². The van der Waals surface area contributed by atoms with E-state index in [1.807, 2.05) is 40.6 Å². The first-order valence-corrected chi connectivity index (χ1v) is 10.7. The summed E-state index contributed by atoms with van der Waals surface area (Å²) in [5, 5.41) is 1.05. The van der Waals surface area contributed by atoms with Crippen molar-refractivity contribution in [3.8, 4) is 0 Å². The molecule has 1 aliphatic heterocycles. The van der Waals surface area contributed by atoms with Gasteiger partial charge in [0.15, 0.2) is 5.13 Å². The number of aromatic nitrogens is 3. The number of anilines is 1. The predicted octanol–water partition coefficient (Wildman–Crippen LogP) is 3.83. The Kier molecular flexibility index (Phi) is 4.28. The molecule has 148 valence electrons. The second-order valence-corrected chi connectivity index (χ2v) is 8.60. The minimum Gasteiger partial charge on any atom is -0.345 e. The molecular weight excluding hydrogens is 382 g/mol. The molecule has 0 bridgehead atoms. The van der Waals surface area contributed by atoms with E-state index >= 15 is 0 Å². The maximum atomic E-state index is 13.2. The number of imidazole rings is 1. The van der Waals surface area contributed by atoms with Crippen LogP contribution in [0.4, 0.5) is 5.13 Å². The van der Waals surface area contributed by atoms with E-state index in [4.69, 9.17) is 4.98 Å². The quantitative estimate of drug-likeness (QED) is 0.509. The molecule has 0 aliphatic carbocycles. The van der Waals surface area contributed by atoms with Gasteiger partial charge in [-0.15, -0.1) is 0 Å². The molecule has 29 heavy (non-hydrogen) atoms. The number of fused-ring (bicyclic) bond motifs is 2. The predicted molar refractivity (Wildman–Crippen MR) is 117 cm³/mol. The lowest BCUT2D eigenvalue weighted by Gasteiger charge is -2.34. The molecule has 7 heteroatoms. The van der Waals surface area contributed by atoms with Gasteiger partial charge in [-0.3, -0.25) is 9.20 Å². The number of hydrogen-bond donors (Lipinski definition) is 0. The first-order valence-electron chi connectivity index (χ1n) is 9.87. The fraction of sp³-hybridized carbons (Fsp3) is 0.318. The van der Waals surface area contributed by atoms with Crippen molar-refractivity contribution in [2.75, 3.05) is 31.1 Å². The summed E-state index contributed by atoms with van der Waals surface area (Å²) >= 11 is 1.75. The number of carbonyl (C=O) groups is 1. The molecule has 0 N–H and O–H groups in total. The van der Waals surface area contributed by atoms with Gasteiger partial charge in [0.1, 0.15) is 11.3 Å². The average Bonchev–Trinajstić information content (AvgIpc) is 3.32. The Morgan fingerprint density at radius 2 is 1.72 bits per heavy atom. The molecule has 5 rings (SSSR count). The van der Waals surface area contributed by atoms with Crippen molar-refractivity contribution in [2.45, 2.75) is 20.8 Å². The van der Waals surface area contributed by atoms with Gasteiger partial charge in [-0.2, -0.15) is 0 Å². The molecule has 3 aromatic heterocycles. The summed E-state index contributed by atoms with van der Waals surface area (Å²) in [7, 11) is 0. The molecule has 0 radical (unpaired) electrons. The lowest BCUT2D eigenvalue weighted by atomic mass is 10.1. The minimum absolute atomic E-state index is 0.0526. The molecule has 1 amide bonds. The highest BCUT2D eigenvalue weighted by Gasteiger charge is 2.27. The van der Waals surface area contributed by atoms with Crippen LogP contribution < -0.4 is 4.90 Å². The van der Waals surface area contributed by atoms with E-state index in [2.05, 4.69) is 35.9 Å². The maximum Gasteiger partial charge on any atom is 0.272 e. The number of pyridine rings is 1. The number of thiazole rings is 1. The van der Waals surface area contributed by atoms with Crippen LogP contribution in [0.25, 0.3) is 15.9 Å². The summed E-state index contributed by atoms with van der Waals surface area (Å²) in [5.74, 6) is 0.0526. The molecule has 4 aromatic rings. The summed E-state index contributed by atoms with van der Waals surface area (Å²) < 4.78 is 3.16. The maximum absolute atomic E-state index is 13.2. The van der Waals surface area contributed by atoms with Crippen LogP contribution in [0.3, 0.4) is 0 Å². The molecule has 1 aliphatic rings. The largest absolute Gasteiger partial charge is 0.345 e. The Balaban J connectivity index is 1.36. The summed E-state index contributed by atoms with van der Waals surface area (Å²) in [6.07, 6.45) is 1.91. The molecule has 0 atom stereocenters. The molecule has 0 spiro atoms. The highest BCUT2D eigenvalue weighted by atomic mass is 32.1. The SMILES string of the molecule is Cc1nc2ccccn2c1C(=O)N1CCN(c2nc3c(C)ccc(C)c3s2)CC1. The van der Waals surface area contributed by atoms with E-state index in [0.717, 1.165) is 35.1 Å². The number of hydrogen-bond acceptors (Lipinski definition) is 5. The number of carbonyl (C=O) groups excluding carboxylic acids is 1. The van der Waals surface area contributed by atoms with Gasteiger partial charge >= 0.3 is 0 Å². The van der Waals surface area contributed by atoms with Crippen LogP contribution in [0.15, 0.2) is 36.5 Å². The van der Waals surface area contributed by atoms with E-state index in [1.165, 1.54) is 15.8 Å². The van der Waals surface area contributed by atoms with Gasteiger partial charge in [-0.25, -0.2) is 9.97 Å². The van der Waals surface area contributed by atoms with Crippen LogP contribution in [0.1, 0.15) is 27.3 Å². The Bertz CT molecular complexity index is 1190. The number of piperazine rings is 1. The lowest BCUT2D eigenvalue weighted by molar-refractivity contribution is 0.0739. The topological polar surface area (TPSA) is 53.7 Å².